The van der Waals surface area contributed by atoms with Crippen LogP contribution in [0.4, 0.5) is 0 Å². The molecular weight excluding hydrogens is 248 g/mol. The van der Waals surface area contributed by atoms with E-state index < -0.39 is 10.0 Å². The Bertz CT molecular complexity index is 484. The molecule has 0 heterocycles. The van der Waals surface area contributed by atoms with Gasteiger partial charge in [-0.25, -0.2) is 12.7 Å². The second kappa shape index (κ2) is 6.31. The summed E-state index contributed by atoms with van der Waals surface area (Å²) in [7, 11) is -1.56. The highest BCUT2D eigenvalue weighted by molar-refractivity contribution is 7.89. The van der Waals surface area contributed by atoms with Crippen LogP contribution < -0.4 is 5.73 Å². The highest BCUT2D eigenvalue weighted by Gasteiger charge is 2.19. The number of hydrogen-bond acceptors (Lipinski definition) is 3. The predicted octanol–water partition coefficient (Wildman–Crippen LogP) is 1.56. The Morgan fingerprint density at radius 1 is 1.28 bits per heavy atom. The molecule has 0 saturated carbocycles. The van der Waals surface area contributed by atoms with Crippen LogP contribution in [0, 0.1) is 5.92 Å². The van der Waals surface area contributed by atoms with Crippen molar-refractivity contribution in [1.29, 1.82) is 0 Å². The molecule has 2 N–H and O–H groups in total. The van der Waals surface area contributed by atoms with Crippen LogP contribution in [0.3, 0.4) is 0 Å². The summed E-state index contributed by atoms with van der Waals surface area (Å²) in [6.07, 6.45) is 0. The minimum Gasteiger partial charge on any atom is -0.326 e. The molecule has 5 heteroatoms. The maximum atomic E-state index is 12.0. The van der Waals surface area contributed by atoms with Gasteiger partial charge in [-0.3, -0.25) is 0 Å². The van der Waals surface area contributed by atoms with E-state index in [1.165, 1.54) is 4.31 Å². The number of rotatable bonds is 6. The van der Waals surface area contributed by atoms with E-state index in [0.29, 0.717) is 13.1 Å². The Kier molecular flexibility index (Phi) is 5.31. The fraction of sp³-hybridized carbons (Fsp3) is 0.538. The molecule has 0 atom stereocenters. The average Bonchev–Trinajstić information content (AvgIpc) is 2.27. The van der Waals surface area contributed by atoms with E-state index >= 15 is 0 Å². The first-order chi connectivity index (χ1) is 8.35. The monoisotopic (exact) mass is 270 g/mol. The molecule has 0 bridgehead atoms. The van der Waals surface area contributed by atoms with Gasteiger partial charge in [0.1, 0.15) is 0 Å². The van der Waals surface area contributed by atoms with E-state index in [2.05, 4.69) is 0 Å². The zero-order valence-electron chi connectivity index (χ0n) is 11.3. The fourth-order valence-corrected chi connectivity index (χ4v) is 3.20. The van der Waals surface area contributed by atoms with Gasteiger partial charge in [-0.05, 0) is 17.0 Å². The van der Waals surface area contributed by atoms with Gasteiger partial charge in [0.05, 0.1) is 5.75 Å². The third-order valence-electron chi connectivity index (χ3n) is 2.65. The second-order valence-electron chi connectivity index (χ2n) is 4.95. The van der Waals surface area contributed by atoms with Gasteiger partial charge in [-0.2, -0.15) is 0 Å². The largest absolute Gasteiger partial charge is 0.326 e. The van der Waals surface area contributed by atoms with Gasteiger partial charge in [0, 0.05) is 20.1 Å². The van der Waals surface area contributed by atoms with Crippen LogP contribution in [0.5, 0.6) is 0 Å². The summed E-state index contributed by atoms with van der Waals surface area (Å²) < 4.78 is 25.4. The standard InChI is InChI=1S/C13H22N2O2S/c1-11(2)10-18(16,17)15(3)9-13-6-4-5-12(7-13)8-14/h4-7,11H,8-10,14H2,1-3H3. The molecule has 4 nitrogen and oxygen atoms in total. The lowest BCUT2D eigenvalue weighted by Crippen LogP contribution is -2.30. The van der Waals surface area contributed by atoms with Crippen molar-refractivity contribution in [3.05, 3.63) is 35.4 Å². The van der Waals surface area contributed by atoms with Crippen molar-refractivity contribution >= 4 is 10.0 Å². The topological polar surface area (TPSA) is 63.4 Å². The predicted molar refractivity (Wildman–Crippen MR) is 74.4 cm³/mol. The normalized spacial score (nSPS) is 12.3. The average molecular weight is 270 g/mol. The molecule has 0 saturated heterocycles. The smallest absolute Gasteiger partial charge is 0.214 e. The Morgan fingerprint density at radius 2 is 1.89 bits per heavy atom. The number of nitrogens with zero attached hydrogens (tertiary/aromatic N) is 1. The van der Waals surface area contributed by atoms with E-state index in [-0.39, 0.29) is 11.7 Å². The Hall–Kier alpha value is -0.910. The lowest BCUT2D eigenvalue weighted by molar-refractivity contribution is 0.459. The van der Waals surface area contributed by atoms with Crippen LogP contribution in [0.2, 0.25) is 0 Å². The number of benzene rings is 1. The summed E-state index contributed by atoms with van der Waals surface area (Å²) in [5, 5.41) is 0. The van der Waals surface area contributed by atoms with Crippen molar-refractivity contribution in [2.24, 2.45) is 11.7 Å². The maximum Gasteiger partial charge on any atom is 0.214 e. The zero-order chi connectivity index (χ0) is 13.8. The molecule has 1 rings (SSSR count). The maximum absolute atomic E-state index is 12.0. The van der Waals surface area contributed by atoms with Crippen LogP contribution >= 0.6 is 0 Å². The van der Waals surface area contributed by atoms with Gasteiger partial charge in [0.25, 0.3) is 0 Å². The van der Waals surface area contributed by atoms with Crippen molar-refractivity contribution in [3.63, 3.8) is 0 Å². The Morgan fingerprint density at radius 3 is 2.44 bits per heavy atom. The van der Waals surface area contributed by atoms with Crippen LogP contribution in [-0.2, 0) is 23.1 Å². The van der Waals surface area contributed by atoms with Crippen molar-refractivity contribution in [2.45, 2.75) is 26.9 Å². The van der Waals surface area contributed by atoms with Gasteiger partial charge in [-0.15, -0.1) is 0 Å². The first-order valence-corrected chi connectivity index (χ1v) is 7.68. The van der Waals surface area contributed by atoms with Gasteiger partial charge in [0.15, 0.2) is 0 Å². The lowest BCUT2D eigenvalue weighted by atomic mass is 10.1. The van der Waals surface area contributed by atoms with Crippen molar-refractivity contribution in [1.82, 2.24) is 4.31 Å². The van der Waals surface area contributed by atoms with Crippen LogP contribution in [0.25, 0.3) is 0 Å². The molecule has 0 radical (unpaired) electrons. The minimum absolute atomic E-state index is 0.132. The molecule has 0 aliphatic carbocycles. The van der Waals surface area contributed by atoms with Gasteiger partial charge >= 0.3 is 0 Å². The third-order valence-corrected chi connectivity index (χ3v) is 4.82. The molecular formula is C13H22N2O2S. The van der Waals surface area contributed by atoms with Gasteiger partial charge < -0.3 is 5.73 Å². The molecule has 0 aromatic heterocycles. The Balaban J connectivity index is 2.77. The van der Waals surface area contributed by atoms with E-state index in [0.717, 1.165) is 11.1 Å². The summed E-state index contributed by atoms with van der Waals surface area (Å²) in [4.78, 5) is 0. The van der Waals surface area contributed by atoms with E-state index in [1.54, 1.807) is 7.05 Å². The highest BCUT2D eigenvalue weighted by Crippen LogP contribution is 2.12. The van der Waals surface area contributed by atoms with Gasteiger partial charge in [0.2, 0.25) is 10.0 Å². The minimum atomic E-state index is -3.18. The van der Waals surface area contributed by atoms with Crippen LogP contribution in [-0.4, -0.2) is 25.5 Å². The van der Waals surface area contributed by atoms with E-state index in [4.69, 9.17) is 5.73 Å². The van der Waals surface area contributed by atoms with Crippen molar-refractivity contribution in [2.75, 3.05) is 12.8 Å². The molecule has 0 spiro atoms. The SMILES string of the molecule is CC(C)CS(=O)(=O)N(C)Cc1cccc(CN)c1. The first-order valence-electron chi connectivity index (χ1n) is 6.07. The highest BCUT2D eigenvalue weighted by atomic mass is 32.2. The zero-order valence-corrected chi connectivity index (χ0v) is 12.1. The Labute approximate surface area is 110 Å². The summed E-state index contributed by atoms with van der Waals surface area (Å²) in [6, 6.07) is 7.70. The summed E-state index contributed by atoms with van der Waals surface area (Å²) in [5.41, 5.74) is 7.55. The number of nitrogens with two attached hydrogens (primary N) is 1. The molecule has 1 aromatic rings. The molecule has 0 fully saturated rings. The summed E-state index contributed by atoms with van der Waals surface area (Å²) >= 11 is 0. The second-order valence-corrected chi connectivity index (χ2v) is 7.07. The van der Waals surface area contributed by atoms with Crippen LogP contribution in [0.1, 0.15) is 25.0 Å². The molecule has 0 unspecified atom stereocenters. The summed E-state index contributed by atoms with van der Waals surface area (Å²) in [5.74, 6) is 0.313. The molecule has 102 valence electrons. The molecule has 0 aliphatic rings. The third kappa shape index (κ3) is 4.40. The molecule has 0 aliphatic heterocycles. The fourth-order valence-electron chi connectivity index (χ4n) is 1.76. The van der Waals surface area contributed by atoms with E-state index in [1.807, 2.05) is 38.1 Å². The van der Waals surface area contributed by atoms with E-state index in [9.17, 15) is 8.42 Å². The van der Waals surface area contributed by atoms with Crippen molar-refractivity contribution in [3.8, 4) is 0 Å². The molecule has 1 aromatic carbocycles. The van der Waals surface area contributed by atoms with Gasteiger partial charge in [-0.1, -0.05) is 38.1 Å². The first kappa shape index (κ1) is 15.1. The quantitative estimate of drug-likeness (QED) is 0.853. The van der Waals surface area contributed by atoms with Crippen LogP contribution in [0.15, 0.2) is 24.3 Å². The molecule has 18 heavy (non-hydrogen) atoms. The number of hydrogen-bond donors (Lipinski definition) is 1. The number of sulfonamides is 1. The lowest BCUT2D eigenvalue weighted by Gasteiger charge is -2.18. The van der Waals surface area contributed by atoms with Crippen molar-refractivity contribution < 1.29 is 8.42 Å². The molecule has 0 amide bonds. The summed E-state index contributed by atoms with van der Waals surface area (Å²) in [6.45, 7) is 4.67.